The molecule has 0 amide bonds. The molecule has 0 bridgehead atoms. The van der Waals surface area contributed by atoms with E-state index in [9.17, 15) is 0 Å². The van der Waals surface area contributed by atoms with Gasteiger partial charge in [-0.15, -0.1) is 0 Å². The van der Waals surface area contributed by atoms with E-state index in [-0.39, 0.29) is 0 Å². The zero-order chi connectivity index (χ0) is 23.6. The Balaban J connectivity index is 1.66. The maximum atomic E-state index is 6.56. The fourth-order valence-electron chi connectivity index (χ4n) is 5.91. The van der Waals surface area contributed by atoms with Gasteiger partial charge in [-0.3, -0.25) is 0 Å². The first-order valence-corrected chi connectivity index (χ1v) is 12.9. The molecule has 0 spiro atoms. The van der Waals surface area contributed by atoms with E-state index in [4.69, 9.17) is 11.6 Å². The summed E-state index contributed by atoms with van der Waals surface area (Å²) in [6.07, 6.45) is 0. The van der Waals surface area contributed by atoms with Crippen LogP contribution in [-0.2, 0) is 5.41 Å². The van der Waals surface area contributed by atoms with Gasteiger partial charge in [0.25, 0.3) is 0 Å². The van der Waals surface area contributed by atoms with Gasteiger partial charge in [0.05, 0.1) is 5.41 Å². The lowest BCUT2D eigenvalue weighted by atomic mass is 9.67. The van der Waals surface area contributed by atoms with Crippen molar-refractivity contribution in [1.82, 2.24) is 0 Å². The average molecular weight is 532 g/mol. The molecule has 7 rings (SSSR count). The molecule has 0 aromatic heterocycles. The molecule has 6 aromatic rings. The fraction of sp³-hybridized carbons (Fsp3) is 0.0303. The van der Waals surface area contributed by atoms with Crippen LogP contribution in [0.25, 0.3) is 32.7 Å². The lowest BCUT2D eigenvalue weighted by molar-refractivity contribution is 0.771. The molecule has 6 aromatic carbocycles. The summed E-state index contributed by atoms with van der Waals surface area (Å²) in [4.78, 5) is 0. The molecular formula is C33H20BrCl. The number of benzene rings is 6. The highest BCUT2D eigenvalue weighted by molar-refractivity contribution is 9.10. The molecule has 0 radical (unpaired) electrons. The molecule has 0 unspecified atom stereocenters. The standard InChI is InChI=1S/C33H20BrCl/c34-27-13-15-31-29(19-27)30-20-28(35)14-16-32(30)33(31,25-11-9-21-5-1-3-7-23(21)17-25)26-12-10-22-6-2-4-8-24(22)18-26/h1-20H. The highest BCUT2D eigenvalue weighted by atomic mass is 79.9. The van der Waals surface area contributed by atoms with Crippen molar-refractivity contribution in [2.75, 3.05) is 0 Å². The highest BCUT2D eigenvalue weighted by Crippen LogP contribution is 2.57. The van der Waals surface area contributed by atoms with Crippen LogP contribution in [0.1, 0.15) is 22.3 Å². The molecule has 35 heavy (non-hydrogen) atoms. The zero-order valence-corrected chi connectivity index (χ0v) is 21.1. The van der Waals surface area contributed by atoms with Gasteiger partial charge in [0, 0.05) is 9.50 Å². The van der Waals surface area contributed by atoms with E-state index >= 15 is 0 Å². The van der Waals surface area contributed by atoms with Crippen LogP contribution in [0, 0.1) is 0 Å². The SMILES string of the molecule is Clc1ccc2c(c1)-c1cc(Br)ccc1C2(c1ccc2ccccc2c1)c1ccc2ccccc2c1. The first kappa shape index (κ1) is 20.9. The number of hydrogen-bond donors (Lipinski definition) is 0. The van der Waals surface area contributed by atoms with Gasteiger partial charge in [0.15, 0.2) is 0 Å². The molecule has 0 nitrogen and oxygen atoms in total. The zero-order valence-electron chi connectivity index (χ0n) is 18.8. The van der Waals surface area contributed by atoms with Crippen LogP contribution in [0.3, 0.4) is 0 Å². The summed E-state index contributed by atoms with van der Waals surface area (Å²) in [6.45, 7) is 0. The third-order valence-corrected chi connectivity index (χ3v) is 8.15. The summed E-state index contributed by atoms with van der Waals surface area (Å²) < 4.78 is 1.06. The predicted octanol–water partition coefficient (Wildman–Crippen LogP) is 9.77. The Kier molecular flexibility index (Phi) is 4.67. The molecule has 0 saturated heterocycles. The lowest BCUT2D eigenvalue weighted by Crippen LogP contribution is -2.28. The van der Waals surface area contributed by atoms with Crippen LogP contribution in [0.2, 0.25) is 5.02 Å². The van der Waals surface area contributed by atoms with Crippen molar-refractivity contribution in [1.29, 1.82) is 0 Å². The number of fused-ring (bicyclic) bond motifs is 5. The fourth-order valence-corrected chi connectivity index (χ4v) is 6.44. The Morgan fingerprint density at radius 1 is 0.486 bits per heavy atom. The number of rotatable bonds is 2. The monoisotopic (exact) mass is 530 g/mol. The molecule has 166 valence electrons. The molecule has 1 aliphatic rings. The molecule has 0 heterocycles. The maximum Gasteiger partial charge on any atom is 0.0714 e. The lowest BCUT2D eigenvalue weighted by Gasteiger charge is -2.34. The van der Waals surface area contributed by atoms with Crippen LogP contribution < -0.4 is 0 Å². The van der Waals surface area contributed by atoms with E-state index in [2.05, 4.69) is 131 Å². The second-order valence-corrected chi connectivity index (χ2v) is 10.6. The third kappa shape index (κ3) is 3.05. The van der Waals surface area contributed by atoms with Gasteiger partial charge in [0.1, 0.15) is 0 Å². The Hall–Kier alpha value is -3.39. The smallest absolute Gasteiger partial charge is 0.0714 e. The van der Waals surface area contributed by atoms with Crippen LogP contribution in [0.5, 0.6) is 0 Å². The van der Waals surface area contributed by atoms with Gasteiger partial charge in [-0.05, 0) is 91.3 Å². The van der Waals surface area contributed by atoms with Gasteiger partial charge in [-0.1, -0.05) is 112 Å². The summed E-state index contributed by atoms with van der Waals surface area (Å²) >= 11 is 10.3. The first-order valence-electron chi connectivity index (χ1n) is 11.7. The predicted molar refractivity (Wildman–Crippen MR) is 151 cm³/mol. The summed E-state index contributed by atoms with van der Waals surface area (Å²) in [5.41, 5.74) is 7.02. The van der Waals surface area contributed by atoms with Crippen LogP contribution >= 0.6 is 27.5 Å². The minimum Gasteiger partial charge on any atom is -0.0843 e. The average Bonchev–Trinajstić information content (AvgIpc) is 3.17. The van der Waals surface area contributed by atoms with Crippen molar-refractivity contribution in [2.24, 2.45) is 0 Å². The van der Waals surface area contributed by atoms with Crippen molar-refractivity contribution < 1.29 is 0 Å². The molecule has 0 saturated carbocycles. The van der Waals surface area contributed by atoms with E-state index in [1.165, 1.54) is 54.9 Å². The first-order chi connectivity index (χ1) is 17.1. The molecule has 1 aliphatic carbocycles. The number of hydrogen-bond acceptors (Lipinski definition) is 0. The van der Waals surface area contributed by atoms with Gasteiger partial charge in [0.2, 0.25) is 0 Å². The Morgan fingerprint density at radius 2 is 1.00 bits per heavy atom. The Bertz CT molecular complexity index is 1650. The second-order valence-electron chi connectivity index (χ2n) is 9.25. The summed E-state index contributed by atoms with van der Waals surface area (Å²) in [5, 5.41) is 5.73. The Labute approximate surface area is 217 Å². The maximum absolute atomic E-state index is 6.56. The highest BCUT2D eigenvalue weighted by Gasteiger charge is 2.46. The quantitative estimate of drug-likeness (QED) is 0.208. The van der Waals surface area contributed by atoms with Crippen molar-refractivity contribution in [2.45, 2.75) is 5.41 Å². The molecule has 2 heteroatoms. The van der Waals surface area contributed by atoms with Crippen molar-refractivity contribution in [3.05, 3.63) is 153 Å². The van der Waals surface area contributed by atoms with Crippen molar-refractivity contribution >= 4 is 49.1 Å². The second kappa shape index (κ2) is 7.81. The van der Waals surface area contributed by atoms with Crippen LogP contribution in [0.15, 0.2) is 126 Å². The third-order valence-electron chi connectivity index (χ3n) is 7.43. The molecular weight excluding hydrogens is 512 g/mol. The van der Waals surface area contributed by atoms with Crippen LogP contribution in [0.4, 0.5) is 0 Å². The minimum atomic E-state index is -0.454. The van der Waals surface area contributed by atoms with E-state index in [1.54, 1.807) is 0 Å². The topological polar surface area (TPSA) is 0 Å². The molecule has 0 fully saturated rings. The number of halogens is 2. The summed E-state index contributed by atoms with van der Waals surface area (Å²) in [5.74, 6) is 0. The van der Waals surface area contributed by atoms with E-state index in [1.807, 2.05) is 6.07 Å². The summed E-state index contributed by atoms with van der Waals surface area (Å²) in [6, 6.07) is 44.0. The molecule has 0 N–H and O–H groups in total. The minimum absolute atomic E-state index is 0.454. The normalized spacial score (nSPS) is 13.7. The van der Waals surface area contributed by atoms with E-state index in [0.29, 0.717) is 0 Å². The largest absolute Gasteiger partial charge is 0.0843 e. The summed E-state index contributed by atoms with van der Waals surface area (Å²) in [7, 11) is 0. The van der Waals surface area contributed by atoms with Gasteiger partial charge < -0.3 is 0 Å². The van der Waals surface area contributed by atoms with Gasteiger partial charge >= 0.3 is 0 Å². The van der Waals surface area contributed by atoms with E-state index < -0.39 is 5.41 Å². The van der Waals surface area contributed by atoms with Gasteiger partial charge in [-0.25, -0.2) is 0 Å². The molecule has 0 atom stereocenters. The Morgan fingerprint density at radius 3 is 1.60 bits per heavy atom. The van der Waals surface area contributed by atoms with Crippen molar-refractivity contribution in [3.63, 3.8) is 0 Å². The van der Waals surface area contributed by atoms with Crippen LogP contribution in [-0.4, -0.2) is 0 Å². The molecule has 0 aliphatic heterocycles. The van der Waals surface area contributed by atoms with E-state index in [0.717, 1.165) is 9.50 Å². The van der Waals surface area contributed by atoms with Gasteiger partial charge in [-0.2, -0.15) is 0 Å². The van der Waals surface area contributed by atoms with Crippen molar-refractivity contribution in [3.8, 4) is 11.1 Å².